The lowest BCUT2D eigenvalue weighted by atomic mass is 9.78. The number of ether oxygens (including phenoxy) is 1. The molecule has 3 aliphatic rings. The van der Waals surface area contributed by atoms with Gasteiger partial charge in [0.15, 0.2) is 0 Å². The monoisotopic (exact) mass is 305 g/mol. The standard InChI is InChI=1S/C19H15NO3/c1-19-10-9-14(23-19)15-16(19)18(22)20(17(15)21)13-8-4-6-11-5-2-3-7-12(11)13/h2-10,14-16H,1H3/t14-,15-,16-,19+/m1/s1. The largest absolute Gasteiger partial charge is 0.362 e. The van der Waals surface area contributed by atoms with E-state index in [1.165, 1.54) is 4.90 Å². The minimum absolute atomic E-state index is 0.144. The SMILES string of the molecule is C[C@@]12C=C[C@@H](O1)[C@H]1C(=O)N(c3cccc4ccccc34)C(=O)[C@@H]12. The first-order chi connectivity index (χ1) is 11.1. The minimum atomic E-state index is -0.651. The van der Waals surface area contributed by atoms with Gasteiger partial charge in [0.05, 0.1) is 29.2 Å². The number of carbonyl (C=O) groups excluding carboxylic acids is 2. The van der Waals surface area contributed by atoms with Gasteiger partial charge in [0.25, 0.3) is 0 Å². The number of anilines is 1. The summed E-state index contributed by atoms with van der Waals surface area (Å²) in [6.07, 6.45) is 3.57. The number of imide groups is 1. The summed E-state index contributed by atoms with van der Waals surface area (Å²) in [6.45, 7) is 1.89. The van der Waals surface area contributed by atoms with Crippen molar-refractivity contribution in [3.8, 4) is 0 Å². The first-order valence-electron chi connectivity index (χ1n) is 7.83. The second-order valence-corrected chi connectivity index (χ2v) is 6.64. The van der Waals surface area contributed by atoms with E-state index in [-0.39, 0.29) is 17.9 Å². The van der Waals surface area contributed by atoms with Crippen LogP contribution in [0.5, 0.6) is 0 Å². The van der Waals surface area contributed by atoms with Gasteiger partial charge in [-0.05, 0) is 18.4 Å². The average Bonchev–Trinajstić information content (AvgIpc) is 3.16. The van der Waals surface area contributed by atoms with E-state index >= 15 is 0 Å². The highest BCUT2D eigenvalue weighted by Gasteiger charge is 2.66. The van der Waals surface area contributed by atoms with Crippen LogP contribution in [-0.4, -0.2) is 23.5 Å². The Hall–Kier alpha value is -2.46. The molecule has 0 aromatic heterocycles. The average molecular weight is 305 g/mol. The predicted octanol–water partition coefficient (Wildman–Crippen LogP) is 2.67. The molecule has 3 aliphatic heterocycles. The van der Waals surface area contributed by atoms with Crippen LogP contribution in [0.25, 0.3) is 10.8 Å². The summed E-state index contributed by atoms with van der Waals surface area (Å²) in [5.41, 5.74) is 0.0250. The van der Waals surface area contributed by atoms with Crippen molar-refractivity contribution in [2.24, 2.45) is 11.8 Å². The molecule has 0 spiro atoms. The summed E-state index contributed by atoms with van der Waals surface area (Å²) in [5, 5.41) is 1.94. The fraction of sp³-hybridized carbons (Fsp3) is 0.263. The van der Waals surface area contributed by atoms with Gasteiger partial charge in [0.2, 0.25) is 11.8 Å². The Morgan fingerprint density at radius 2 is 1.83 bits per heavy atom. The molecule has 4 heteroatoms. The van der Waals surface area contributed by atoms with Gasteiger partial charge < -0.3 is 4.74 Å². The summed E-state index contributed by atoms with van der Waals surface area (Å²) in [7, 11) is 0. The van der Waals surface area contributed by atoms with E-state index in [9.17, 15) is 9.59 Å². The molecule has 3 heterocycles. The van der Waals surface area contributed by atoms with E-state index in [1.807, 2.05) is 61.5 Å². The molecule has 0 saturated carbocycles. The van der Waals surface area contributed by atoms with Crippen LogP contribution in [0.3, 0.4) is 0 Å². The zero-order chi connectivity index (χ0) is 15.8. The van der Waals surface area contributed by atoms with Crippen molar-refractivity contribution in [1.29, 1.82) is 0 Å². The molecule has 23 heavy (non-hydrogen) atoms. The Balaban J connectivity index is 1.68. The second-order valence-electron chi connectivity index (χ2n) is 6.64. The van der Waals surface area contributed by atoms with Crippen LogP contribution in [-0.2, 0) is 14.3 Å². The Morgan fingerprint density at radius 1 is 1.04 bits per heavy atom. The van der Waals surface area contributed by atoms with E-state index in [1.54, 1.807) is 0 Å². The van der Waals surface area contributed by atoms with Crippen molar-refractivity contribution in [2.75, 3.05) is 4.90 Å². The zero-order valence-corrected chi connectivity index (χ0v) is 12.6. The van der Waals surface area contributed by atoms with Crippen molar-refractivity contribution in [1.82, 2.24) is 0 Å². The number of amides is 2. The van der Waals surface area contributed by atoms with E-state index < -0.39 is 17.4 Å². The third kappa shape index (κ3) is 1.49. The Morgan fingerprint density at radius 3 is 2.65 bits per heavy atom. The Labute approximate surface area is 133 Å². The highest BCUT2D eigenvalue weighted by molar-refractivity contribution is 6.26. The maximum Gasteiger partial charge on any atom is 0.241 e. The van der Waals surface area contributed by atoms with Gasteiger partial charge >= 0.3 is 0 Å². The summed E-state index contributed by atoms with van der Waals surface area (Å²) < 4.78 is 5.86. The number of hydrogen-bond donors (Lipinski definition) is 0. The summed E-state index contributed by atoms with van der Waals surface area (Å²) in [4.78, 5) is 27.4. The van der Waals surface area contributed by atoms with Crippen LogP contribution in [0.2, 0.25) is 0 Å². The molecule has 0 N–H and O–H groups in total. The smallest absolute Gasteiger partial charge is 0.241 e. The molecule has 0 radical (unpaired) electrons. The Bertz CT molecular complexity index is 897. The van der Waals surface area contributed by atoms with Crippen LogP contribution in [0.15, 0.2) is 54.6 Å². The highest BCUT2D eigenvalue weighted by atomic mass is 16.5. The van der Waals surface area contributed by atoms with Gasteiger partial charge in [-0.25, -0.2) is 4.90 Å². The van der Waals surface area contributed by atoms with Crippen molar-refractivity contribution < 1.29 is 14.3 Å². The van der Waals surface area contributed by atoms with Gasteiger partial charge in [0.1, 0.15) is 0 Å². The molecular formula is C19H15NO3. The highest BCUT2D eigenvalue weighted by Crippen LogP contribution is 2.52. The zero-order valence-electron chi connectivity index (χ0n) is 12.6. The lowest BCUT2D eigenvalue weighted by Gasteiger charge is -2.24. The molecule has 5 rings (SSSR count). The van der Waals surface area contributed by atoms with Gasteiger partial charge in [-0.1, -0.05) is 48.6 Å². The molecule has 114 valence electrons. The topological polar surface area (TPSA) is 46.6 Å². The van der Waals surface area contributed by atoms with Crippen LogP contribution in [0.1, 0.15) is 6.92 Å². The molecule has 2 fully saturated rings. The van der Waals surface area contributed by atoms with Crippen LogP contribution < -0.4 is 4.90 Å². The van der Waals surface area contributed by atoms with E-state index in [4.69, 9.17) is 4.74 Å². The van der Waals surface area contributed by atoms with Gasteiger partial charge in [-0.15, -0.1) is 0 Å². The van der Waals surface area contributed by atoms with Crippen molar-refractivity contribution >= 4 is 28.3 Å². The van der Waals surface area contributed by atoms with Gasteiger partial charge in [-0.3, -0.25) is 9.59 Å². The van der Waals surface area contributed by atoms with E-state index in [0.717, 1.165) is 10.8 Å². The van der Waals surface area contributed by atoms with Crippen LogP contribution >= 0.6 is 0 Å². The summed E-state index contributed by atoms with van der Waals surface area (Å²) in [6, 6.07) is 13.5. The lowest BCUT2D eigenvalue weighted by Crippen LogP contribution is -2.38. The molecular weight excluding hydrogens is 290 g/mol. The maximum atomic E-state index is 13.0. The van der Waals surface area contributed by atoms with Crippen molar-refractivity contribution in [3.63, 3.8) is 0 Å². The van der Waals surface area contributed by atoms with Gasteiger partial charge in [0, 0.05) is 5.39 Å². The Kier molecular flexibility index (Phi) is 2.31. The first kappa shape index (κ1) is 13.0. The fourth-order valence-corrected chi connectivity index (χ4v) is 4.29. The molecule has 2 aromatic rings. The molecule has 0 unspecified atom stereocenters. The third-order valence-electron chi connectivity index (χ3n) is 5.34. The number of carbonyl (C=O) groups is 2. The number of nitrogens with zero attached hydrogens (tertiary/aromatic N) is 1. The van der Waals surface area contributed by atoms with E-state index in [0.29, 0.717) is 5.69 Å². The molecule has 4 atom stereocenters. The quantitative estimate of drug-likeness (QED) is 0.601. The number of rotatable bonds is 1. The summed E-state index contributed by atoms with van der Waals surface area (Å²) in [5.74, 6) is -1.10. The second kappa shape index (κ2) is 4.09. The van der Waals surface area contributed by atoms with Crippen molar-refractivity contribution in [2.45, 2.75) is 18.6 Å². The first-order valence-corrected chi connectivity index (χ1v) is 7.83. The van der Waals surface area contributed by atoms with Crippen LogP contribution in [0, 0.1) is 11.8 Å². The number of hydrogen-bond acceptors (Lipinski definition) is 3. The fourth-order valence-electron chi connectivity index (χ4n) is 4.29. The lowest BCUT2D eigenvalue weighted by molar-refractivity contribution is -0.126. The maximum absolute atomic E-state index is 13.0. The number of fused-ring (bicyclic) bond motifs is 6. The molecule has 2 aromatic carbocycles. The van der Waals surface area contributed by atoms with Gasteiger partial charge in [-0.2, -0.15) is 0 Å². The van der Waals surface area contributed by atoms with Crippen LogP contribution in [0.4, 0.5) is 5.69 Å². The molecule has 4 nitrogen and oxygen atoms in total. The molecule has 0 aliphatic carbocycles. The third-order valence-corrected chi connectivity index (χ3v) is 5.34. The predicted molar refractivity (Wildman–Crippen MR) is 85.8 cm³/mol. The molecule has 2 saturated heterocycles. The molecule has 2 amide bonds. The minimum Gasteiger partial charge on any atom is -0.362 e. The molecule has 2 bridgehead atoms. The normalized spacial score (nSPS) is 34.7. The van der Waals surface area contributed by atoms with Crippen molar-refractivity contribution in [3.05, 3.63) is 54.6 Å². The number of benzene rings is 2. The van der Waals surface area contributed by atoms with E-state index in [2.05, 4.69) is 0 Å². The summed E-state index contributed by atoms with van der Waals surface area (Å²) >= 11 is 0.